The Morgan fingerprint density at radius 2 is 1.86 bits per heavy atom. The lowest BCUT2D eigenvalue weighted by Crippen LogP contribution is -2.53. The molecule has 0 unspecified atom stereocenters. The molecule has 1 aromatic carbocycles. The second-order valence-electron chi connectivity index (χ2n) is 6.28. The molecular formula is C19H24F2IN5O2. The summed E-state index contributed by atoms with van der Waals surface area (Å²) in [5.74, 6) is -0.179. The van der Waals surface area contributed by atoms with Crippen LogP contribution in [0.2, 0.25) is 0 Å². The fourth-order valence-electron chi connectivity index (χ4n) is 3.06. The summed E-state index contributed by atoms with van der Waals surface area (Å²) < 4.78 is 32.4. The number of nitrogens with zero attached hydrogens (tertiary/aromatic N) is 3. The van der Waals surface area contributed by atoms with E-state index in [1.165, 1.54) is 12.3 Å². The Morgan fingerprint density at radius 3 is 2.52 bits per heavy atom. The molecule has 158 valence electrons. The number of hydrogen-bond donors (Lipinski definition) is 2. The average Bonchev–Trinajstić information content (AvgIpc) is 3.25. The number of carbonyl (C=O) groups is 1. The number of amides is 1. The van der Waals surface area contributed by atoms with Crippen molar-refractivity contribution in [1.29, 1.82) is 0 Å². The highest BCUT2D eigenvalue weighted by atomic mass is 127. The van der Waals surface area contributed by atoms with E-state index in [2.05, 4.69) is 15.6 Å². The molecule has 1 aliphatic heterocycles. The van der Waals surface area contributed by atoms with Crippen LogP contribution in [0.15, 0.2) is 46.0 Å². The van der Waals surface area contributed by atoms with E-state index in [9.17, 15) is 13.6 Å². The van der Waals surface area contributed by atoms with Crippen LogP contribution in [0.1, 0.15) is 10.6 Å². The lowest BCUT2D eigenvalue weighted by Gasteiger charge is -2.37. The van der Waals surface area contributed by atoms with Crippen LogP contribution in [0, 0.1) is 11.6 Å². The summed E-state index contributed by atoms with van der Waals surface area (Å²) in [5, 5.41) is 5.95. The van der Waals surface area contributed by atoms with E-state index in [0.29, 0.717) is 45.2 Å². The number of hydrogen-bond acceptors (Lipinski definition) is 4. The van der Waals surface area contributed by atoms with Gasteiger partial charge in [0.2, 0.25) is 0 Å². The normalized spacial score (nSPS) is 14.4. The standard InChI is InChI=1S/C19H23F2N5O2.HI/c1-22-19(24-7-6-23-18(27)17-3-2-12-28-17)26-10-8-25(9-11-26)16-13-14(20)4-5-15(16)21;/h2-5,12-13H,6-11H2,1H3,(H,22,24)(H,23,27);1H. The number of rotatable bonds is 5. The second-order valence-corrected chi connectivity index (χ2v) is 6.28. The molecule has 2 aromatic rings. The predicted molar refractivity (Wildman–Crippen MR) is 118 cm³/mol. The van der Waals surface area contributed by atoms with E-state index in [-0.39, 0.29) is 41.3 Å². The van der Waals surface area contributed by atoms with Crippen LogP contribution in [0.25, 0.3) is 0 Å². The number of nitrogens with one attached hydrogen (secondary N) is 2. The Labute approximate surface area is 185 Å². The Bertz CT molecular complexity index is 824. The van der Waals surface area contributed by atoms with Gasteiger partial charge in [-0.1, -0.05) is 0 Å². The number of piperazine rings is 1. The third-order valence-corrected chi connectivity index (χ3v) is 4.48. The summed E-state index contributed by atoms with van der Waals surface area (Å²) in [7, 11) is 1.68. The topological polar surface area (TPSA) is 73.1 Å². The maximum Gasteiger partial charge on any atom is 0.287 e. The number of halogens is 3. The highest BCUT2D eigenvalue weighted by Gasteiger charge is 2.22. The highest BCUT2D eigenvalue weighted by Crippen LogP contribution is 2.21. The quantitative estimate of drug-likeness (QED) is 0.275. The van der Waals surface area contributed by atoms with Gasteiger partial charge in [0, 0.05) is 52.4 Å². The van der Waals surface area contributed by atoms with Crippen molar-refractivity contribution >= 4 is 41.5 Å². The second kappa shape index (κ2) is 11.0. The summed E-state index contributed by atoms with van der Waals surface area (Å²) in [5.41, 5.74) is 0.281. The molecule has 0 radical (unpaired) electrons. The summed E-state index contributed by atoms with van der Waals surface area (Å²) in [6, 6.07) is 6.74. The molecule has 1 aromatic heterocycles. The van der Waals surface area contributed by atoms with Crippen molar-refractivity contribution in [2.75, 3.05) is 51.2 Å². The van der Waals surface area contributed by atoms with Crippen molar-refractivity contribution in [3.05, 3.63) is 54.0 Å². The maximum absolute atomic E-state index is 13.9. The molecule has 29 heavy (non-hydrogen) atoms. The zero-order chi connectivity index (χ0) is 19.9. The van der Waals surface area contributed by atoms with Crippen LogP contribution < -0.4 is 15.5 Å². The van der Waals surface area contributed by atoms with Crippen LogP contribution in [0.3, 0.4) is 0 Å². The first-order valence-corrected chi connectivity index (χ1v) is 9.06. The number of benzene rings is 1. The van der Waals surface area contributed by atoms with Gasteiger partial charge in [0.1, 0.15) is 11.6 Å². The molecular weight excluding hydrogens is 495 g/mol. The maximum atomic E-state index is 13.9. The molecule has 7 nitrogen and oxygen atoms in total. The predicted octanol–water partition coefficient (Wildman–Crippen LogP) is 2.30. The average molecular weight is 519 g/mol. The Kier molecular flexibility index (Phi) is 8.68. The first-order chi connectivity index (χ1) is 13.6. The molecule has 0 atom stereocenters. The van der Waals surface area contributed by atoms with Gasteiger partial charge in [0.05, 0.1) is 12.0 Å². The minimum absolute atomic E-state index is 0. The number of guanidine groups is 1. The van der Waals surface area contributed by atoms with Gasteiger partial charge in [-0.05, 0) is 24.3 Å². The molecule has 0 spiro atoms. The molecule has 2 N–H and O–H groups in total. The van der Waals surface area contributed by atoms with Gasteiger partial charge in [0.25, 0.3) is 5.91 Å². The largest absolute Gasteiger partial charge is 0.459 e. The van der Waals surface area contributed by atoms with Crippen molar-refractivity contribution in [2.24, 2.45) is 4.99 Å². The van der Waals surface area contributed by atoms with Gasteiger partial charge in [-0.25, -0.2) is 8.78 Å². The molecule has 0 bridgehead atoms. The minimum Gasteiger partial charge on any atom is -0.459 e. The monoisotopic (exact) mass is 519 g/mol. The number of aliphatic imine (C=N–C) groups is 1. The molecule has 1 saturated heterocycles. The van der Waals surface area contributed by atoms with Crippen molar-refractivity contribution in [1.82, 2.24) is 15.5 Å². The number of anilines is 1. The van der Waals surface area contributed by atoms with Gasteiger partial charge in [-0.2, -0.15) is 0 Å². The summed E-state index contributed by atoms with van der Waals surface area (Å²) in [6.45, 7) is 3.25. The molecule has 1 fully saturated rings. The molecule has 2 heterocycles. The van der Waals surface area contributed by atoms with Gasteiger partial charge in [-0.3, -0.25) is 9.79 Å². The van der Waals surface area contributed by atoms with Crippen molar-refractivity contribution in [2.45, 2.75) is 0 Å². The molecule has 10 heteroatoms. The van der Waals surface area contributed by atoms with Gasteiger partial charge in [0.15, 0.2) is 11.7 Å². The van der Waals surface area contributed by atoms with Gasteiger partial charge < -0.3 is 24.9 Å². The summed E-state index contributed by atoms with van der Waals surface area (Å²) in [4.78, 5) is 19.9. The zero-order valence-electron chi connectivity index (χ0n) is 16.0. The van der Waals surface area contributed by atoms with Crippen LogP contribution in [-0.4, -0.2) is 63.1 Å². The van der Waals surface area contributed by atoms with E-state index in [4.69, 9.17) is 4.42 Å². The van der Waals surface area contributed by atoms with Crippen LogP contribution in [0.5, 0.6) is 0 Å². The molecule has 0 saturated carbocycles. The molecule has 1 amide bonds. The zero-order valence-corrected chi connectivity index (χ0v) is 18.4. The fraction of sp³-hybridized carbons (Fsp3) is 0.368. The van der Waals surface area contributed by atoms with Crippen LogP contribution in [-0.2, 0) is 0 Å². The van der Waals surface area contributed by atoms with Gasteiger partial charge in [-0.15, -0.1) is 24.0 Å². The Balaban J connectivity index is 0.00000300. The first-order valence-electron chi connectivity index (χ1n) is 9.06. The highest BCUT2D eigenvalue weighted by molar-refractivity contribution is 14.0. The molecule has 3 rings (SSSR count). The van der Waals surface area contributed by atoms with E-state index >= 15 is 0 Å². The van der Waals surface area contributed by atoms with E-state index in [1.54, 1.807) is 19.2 Å². The Hall–Kier alpha value is -2.37. The van der Waals surface area contributed by atoms with Crippen LogP contribution >= 0.6 is 24.0 Å². The van der Waals surface area contributed by atoms with Gasteiger partial charge >= 0.3 is 0 Å². The minimum atomic E-state index is -0.451. The van der Waals surface area contributed by atoms with Crippen molar-refractivity contribution < 1.29 is 18.0 Å². The van der Waals surface area contributed by atoms with Crippen molar-refractivity contribution in [3.8, 4) is 0 Å². The SMILES string of the molecule is CN=C(NCCNC(=O)c1ccco1)N1CCN(c2cc(F)ccc2F)CC1.I. The Morgan fingerprint density at radius 1 is 1.14 bits per heavy atom. The fourth-order valence-corrected chi connectivity index (χ4v) is 3.06. The first kappa shape index (κ1) is 22.9. The van der Waals surface area contributed by atoms with Crippen molar-refractivity contribution in [3.63, 3.8) is 0 Å². The third-order valence-electron chi connectivity index (χ3n) is 4.48. The lowest BCUT2D eigenvalue weighted by molar-refractivity contribution is 0.0926. The van der Waals surface area contributed by atoms with E-state index in [0.717, 1.165) is 12.1 Å². The molecule has 1 aliphatic rings. The van der Waals surface area contributed by atoms with E-state index in [1.807, 2.05) is 9.80 Å². The number of furan rings is 1. The van der Waals surface area contributed by atoms with Crippen LogP contribution in [0.4, 0.5) is 14.5 Å². The lowest BCUT2D eigenvalue weighted by atomic mass is 10.2. The van der Waals surface area contributed by atoms with E-state index < -0.39 is 11.6 Å². The summed E-state index contributed by atoms with van der Waals surface area (Å²) in [6.07, 6.45) is 1.45. The third kappa shape index (κ3) is 6.05. The molecule has 0 aliphatic carbocycles. The smallest absolute Gasteiger partial charge is 0.287 e. The summed E-state index contributed by atoms with van der Waals surface area (Å²) >= 11 is 0. The number of carbonyl (C=O) groups excluding carboxylic acids is 1.